The third-order valence-electron chi connectivity index (χ3n) is 3.44. The van der Waals surface area contributed by atoms with Crippen LogP contribution in [-0.4, -0.2) is 47.7 Å². The minimum atomic E-state index is -0.988. The number of carbonyl (C=O) groups excluding carboxylic acids is 1. The number of benzene rings is 1. The summed E-state index contributed by atoms with van der Waals surface area (Å²) in [6.45, 7) is 2.38. The summed E-state index contributed by atoms with van der Waals surface area (Å²) in [4.78, 5) is 25.0. The van der Waals surface area contributed by atoms with Gasteiger partial charge in [-0.05, 0) is 25.1 Å². The van der Waals surface area contributed by atoms with Crippen molar-refractivity contribution in [2.24, 2.45) is 5.92 Å². The fourth-order valence-corrected chi connectivity index (χ4v) is 2.40. The third-order valence-corrected chi connectivity index (χ3v) is 3.44. The van der Waals surface area contributed by atoms with E-state index in [0.717, 1.165) is 6.07 Å². The summed E-state index contributed by atoms with van der Waals surface area (Å²) in [6, 6.07) is 4.85. The lowest BCUT2D eigenvalue weighted by Gasteiger charge is -2.29. The quantitative estimate of drug-likeness (QED) is 0.905. The highest BCUT2D eigenvalue weighted by Crippen LogP contribution is 2.22. The Morgan fingerprint density at radius 3 is 2.80 bits per heavy atom. The Bertz CT molecular complexity index is 520. The van der Waals surface area contributed by atoms with E-state index < -0.39 is 23.7 Å². The van der Waals surface area contributed by atoms with Crippen molar-refractivity contribution in [3.63, 3.8) is 0 Å². The zero-order valence-corrected chi connectivity index (χ0v) is 11.1. The predicted molar refractivity (Wildman–Crippen MR) is 68.8 cm³/mol. The normalized spacial score (nSPS) is 21.7. The predicted octanol–water partition coefficient (Wildman–Crippen LogP) is 1.39. The van der Waals surface area contributed by atoms with Crippen LogP contribution in [0.5, 0.6) is 0 Å². The molecule has 1 saturated heterocycles. The maximum Gasteiger partial charge on any atom is 0.311 e. The topological polar surface area (TPSA) is 66.8 Å². The molecule has 1 aliphatic heterocycles. The molecule has 0 aromatic heterocycles. The van der Waals surface area contributed by atoms with E-state index in [1.165, 1.54) is 23.1 Å². The molecular weight excluding hydrogens is 265 g/mol. The van der Waals surface area contributed by atoms with E-state index in [1.54, 1.807) is 6.92 Å². The molecule has 0 spiro atoms. The zero-order chi connectivity index (χ0) is 14.7. The lowest BCUT2D eigenvalue weighted by atomic mass is 10.0. The molecule has 20 heavy (non-hydrogen) atoms. The number of nitrogens with zero attached hydrogens (tertiary/aromatic N) is 1. The number of hydrogen-bond acceptors (Lipinski definition) is 3. The molecular formula is C14H16FNO4. The second kappa shape index (κ2) is 6.00. The first-order valence-corrected chi connectivity index (χ1v) is 6.41. The molecule has 1 aromatic rings. The molecule has 0 bridgehead atoms. The van der Waals surface area contributed by atoms with Crippen molar-refractivity contribution in [2.45, 2.75) is 13.0 Å². The van der Waals surface area contributed by atoms with Gasteiger partial charge in [0.05, 0.1) is 19.3 Å². The summed E-state index contributed by atoms with van der Waals surface area (Å²) in [7, 11) is 0. The first kappa shape index (κ1) is 14.5. The number of carbonyl (C=O) groups is 2. The molecule has 1 fully saturated rings. The fourth-order valence-electron chi connectivity index (χ4n) is 2.40. The van der Waals surface area contributed by atoms with E-state index in [-0.39, 0.29) is 24.7 Å². The summed E-state index contributed by atoms with van der Waals surface area (Å²) in [5, 5.41) is 9.15. The Labute approximate surface area is 116 Å². The Balaban J connectivity index is 2.23. The third kappa shape index (κ3) is 2.80. The molecule has 2 unspecified atom stereocenters. The summed E-state index contributed by atoms with van der Waals surface area (Å²) in [5.41, 5.74) is 0.211. The number of carboxylic acid groups (broad SMARTS) is 1. The lowest BCUT2D eigenvalue weighted by Crippen LogP contribution is -2.46. The number of aliphatic carboxylic acids is 1. The number of carboxylic acids is 1. The van der Waals surface area contributed by atoms with E-state index in [0.29, 0.717) is 6.54 Å². The van der Waals surface area contributed by atoms with Crippen molar-refractivity contribution < 1.29 is 23.8 Å². The summed E-state index contributed by atoms with van der Waals surface area (Å²) < 4.78 is 18.4. The second-order valence-electron chi connectivity index (χ2n) is 4.65. The standard InChI is InChI=1S/C14H16FNO4/c1-2-16(12-8-20-7-11(12)14(18)19)13(17)9-4-3-5-10(15)6-9/h3-6,11-12H,2,7-8H2,1H3,(H,18,19). The van der Waals surface area contributed by atoms with Gasteiger partial charge in [-0.25, -0.2) is 4.39 Å². The van der Waals surface area contributed by atoms with Crippen LogP contribution in [0.1, 0.15) is 17.3 Å². The largest absolute Gasteiger partial charge is 0.481 e. The van der Waals surface area contributed by atoms with E-state index in [1.807, 2.05) is 0 Å². The molecule has 2 atom stereocenters. The van der Waals surface area contributed by atoms with Crippen LogP contribution in [0.25, 0.3) is 0 Å². The Morgan fingerprint density at radius 1 is 1.45 bits per heavy atom. The Kier molecular flexibility index (Phi) is 4.34. The van der Waals surface area contributed by atoms with Gasteiger partial charge >= 0.3 is 5.97 Å². The first-order chi connectivity index (χ1) is 9.54. The molecule has 0 radical (unpaired) electrons. The van der Waals surface area contributed by atoms with Gasteiger partial charge in [0.25, 0.3) is 5.91 Å². The van der Waals surface area contributed by atoms with Crippen molar-refractivity contribution in [2.75, 3.05) is 19.8 Å². The van der Waals surface area contributed by atoms with Crippen LogP contribution in [0, 0.1) is 11.7 Å². The number of rotatable bonds is 4. The highest BCUT2D eigenvalue weighted by atomic mass is 19.1. The molecule has 1 aliphatic rings. The van der Waals surface area contributed by atoms with Crippen molar-refractivity contribution in [1.29, 1.82) is 0 Å². The maximum atomic E-state index is 13.2. The van der Waals surface area contributed by atoms with Crippen molar-refractivity contribution in [1.82, 2.24) is 4.90 Å². The highest BCUT2D eigenvalue weighted by Gasteiger charge is 2.39. The van der Waals surface area contributed by atoms with Crippen LogP contribution in [0.15, 0.2) is 24.3 Å². The van der Waals surface area contributed by atoms with E-state index >= 15 is 0 Å². The SMILES string of the molecule is CCN(C(=O)c1cccc(F)c1)C1COCC1C(=O)O. The zero-order valence-electron chi connectivity index (χ0n) is 11.1. The van der Waals surface area contributed by atoms with E-state index in [9.17, 15) is 14.0 Å². The molecule has 5 nitrogen and oxygen atoms in total. The molecule has 0 aliphatic carbocycles. The molecule has 1 aromatic carbocycles. The van der Waals surface area contributed by atoms with Crippen LogP contribution >= 0.6 is 0 Å². The number of amides is 1. The highest BCUT2D eigenvalue weighted by molar-refractivity contribution is 5.94. The van der Waals surface area contributed by atoms with Crippen molar-refractivity contribution in [3.05, 3.63) is 35.6 Å². The van der Waals surface area contributed by atoms with Gasteiger partial charge in [0.2, 0.25) is 0 Å². The fraction of sp³-hybridized carbons (Fsp3) is 0.429. The van der Waals surface area contributed by atoms with Crippen LogP contribution in [-0.2, 0) is 9.53 Å². The van der Waals surface area contributed by atoms with Crippen LogP contribution in [0.3, 0.4) is 0 Å². The van der Waals surface area contributed by atoms with E-state index in [4.69, 9.17) is 9.84 Å². The number of likely N-dealkylation sites (N-methyl/N-ethyl adjacent to an activating group) is 1. The summed E-state index contributed by atoms with van der Waals surface area (Å²) in [6.07, 6.45) is 0. The summed E-state index contributed by atoms with van der Waals surface area (Å²) in [5.74, 6) is -2.61. The van der Waals surface area contributed by atoms with Gasteiger partial charge in [0.1, 0.15) is 11.7 Å². The van der Waals surface area contributed by atoms with E-state index in [2.05, 4.69) is 0 Å². The number of ether oxygens (including phenoxy) is 1. The van der Waals surface area contributed by atoms with Gasteiger partial charge in [0, 0.05) is 12.1 Å². The monoisotopic (exact) mass is 281 g/mol. The second-order valence-corrected chi connectivity index (χ2v) is 4.65. The van der Waals surface area contributed by atoms with Gasteiger partial charge in [-0.2, -0.15) is 0 Å². The average Bonchev–Trinajstić information content (AvgIpc) is 2.89. The van der Waals surface area contributed by atoms with Gasteiger partial charge in [-0.15, -0.1) is 0 Å². The van der Waals surface area contributed by atoms with Crippen LogP contribution in [0.4, 0.5) is 4.39 Å². The molecule has 1 amide bonds. The van der Waals surface area contributed by atoms with Gasteiger partial charge < -0.3 is 14.7 Å². The molecule has 6 heteroatoms. The minimum absolute atomic E-state index is 0.0902. The maximum absolute atomic E-state index is 13.2. The van der Waals surface area contributed by atoms with Crippen molar-refractivity contribution >= 4 is 11.9 Å². The van der Waals surface area contributed by atoms with Crippen molar-refractivity contribution in [3.8, 4) is 0 Å². The Morgan fingerprint density at radius 2 is 2.20 bits per heavy atom. The number of hydrogen-bond donors (Lipinski definition) is 1. The van der Waals surface area contributed by atoms with Crippen LogP contribution < -0.4 is 0 Å². The lowest BCUT2D eigenvalue weighted by molar-refractivity contribution is -0.142. The van der Waals surface area contributed by atoms with Gasteiger partial charge in [-0.1, -0.05) is 6.07 Å². The Hall–Kier alpha value is -1.95. The summed E-state index contributed by atoms with van der Waals surface area (Å²) >= 11 is 0. The molecule has 2 rings (SSSR count). The average molecular weight is 281 g/mol. The van der Waals surface area contributed by atoms with Gasteiger partial charge in [0.15, 0.2) is 0 Å². The molecule has 1 heterocycles. The smallest absolute Gasteiger partial charge is 0.311 e. The molecule has 0 saturated carbocycles. The van der Waals surface area contributed by atoms with Gasteiger partial charge in [-0.3, -0.25) is 9.59 Å². The molecule has 108 valence electrons. The minimum Gasteiger partial charge on any atom is -0.481 e. The van der Waals surface area contributed by atoms with Crippen LogP contribution in [0.2, 0.25) is 0 Å². The first-order valence-electron chi connectivity index (χ1n) is 6.41. The number of halogens is 1. The molecule has 1 N–H and O–H groups in total.